The van der Waals surface area contributed by atoms with Gasteiger partial charge in [0.25, 0.3) is 0 Å². The number of piperidine rings is 1. The van der Waals surface area contributed by atoms with Crippen molar-refractivity contribution in [2.75, 3.05) is 11.9 Å². The number of amides is 1. The van der Waals surface area contributed by atoms with Gasteiger partial charge >= 0.3 is 0 Å². The summed E-state index contributed by atoms with van der Waals surface area (Å²) in [5, 5.41) is 5.94. The van der Waals surface area contributed by atoms with Crippen LogP contribution in [0.1, 0.15) is 19.3 Å². The zero-order valence-electron chi connectivity index (χ0n) is 9.00. The molecule has 1 heterocycles. The first-order valence-electron chi connectivity index (χ1n) is 5.55. The van der Waals surface area contributed by atoms with E-state index in [1.807, 2.05) is 0 Å². The van der Waals surface area contributed by atoms with Gasteiger partial charge in [-0.05, 0) is 43.7 Å². The molecule has 4 heteroatoms. The van der Waals surface area contributed by atoms with Gasteiger partial charge in [-0.15, -0.1) is 0 Å². The van der Waals surface area contributed by atoms with Gasteiger partial charge in [0.15, 0.2) is 0 Å². The summed E-state index contributed by atoms with van der Waals surface area (Å²) < 4.78 is 12.7. The summed E-state index contributed by atoms with van der Waals surface area (Å²) >= 11 is 0. The minimum absolute atomic E-state index is 0.0358. The fourth-order valence-corrected chi connectivity index (χ4v) is 1.84. The second-order valence-electron chi connectivity index (χ2n) is 4.00. The minimum atomic E-state index is -0.297. The largest absolute Gasteiger partial charge is 0.325 e. The molecule has 0 aliphatic carbocycles. The molecule has 1 aromatic carbocycles. The van der Waals surface area contributed by atoms with Gasteiger partial charge in [-0.1, -0.05) is 6.42 Å². The van der Waals surface area contributed by atoms with Crippen molar-refractivity contribution in [2.24, 2.45) is 0 Å². The highest BCUT2D eigenvalue weighted by atomic mass is 19.1. The molecular formula is C12H15FN2O. The van der Waals surface area contributed by atoms with Crippen LogP contribution in [-0.4, -0.2) is 18.5 Å². The summed E-state index contributed by atoms with van der Waals surface area (Å²) in [4.78, 5) is 11.8. The van der Waals surface area contributed by atoms with E-state index in [9.17, 15) is 9.18 Å². The molecule has 2 rings (SSSR count). The minimum Gasteiger partial charge on any atom is -0.325 e. The van der Waals surface area contributed by atoms with Gasteiger partial charge < -0.3 is 10.6 Å². The Morgan fingerprint density at radius 1 is 1.31 bits per heavy atom. The van der Waals surface area contributed by atoms with Gasteiger partial charge in [-0.3, -0.25) is 4.79 Å². The molecule has 1 aromatic rings. The van der Waals surface area contributed by atoms with Crippen molar-refractivity contribution in [3.63, 3.8) is 0 Å². The maximum Gasteiger partial charge on any atom is 0.241 e. The first-order chi connectivity index (χ1) is 7.75. The molecule has 1 aliphatic rings. The summed E-state index contributed by atoms with van der Waals surface area (Å²) in [6, 6.07) is 5.69. The lowest BCUT2D eigenvalue weighted by atomic mass is 10.0. The van der Waals surface area contributed by atoms with E-state index >= 15 is 0 Å². The first-order valence-corrected chi connectivity index (χ1v) is 5.55. The number of nitrogens with one attached hydrogen (secondary N) is 2. The Labute approximate surface area is 94.0 Å². The van der Waals surface area contributed by atoms with E-state index in [0.717, 1.165) is 25.8 Å². The molecule has 0 saturated carbocycles. The summed E-state index contributed by atoms with van der Waals surface area (Å²) in [7, 11) is 0. The van der Waals surface area contributed by atoms with Gasteiger partial charge in [-0.25, -0.2) is 4.39 Å². The second-order valence-corrected chi connectivity index (χ2v) is 4.00. The molecule has 1 aliphatic heterocycles. The summed E-state index contributed by atoms with van der Waals surface area (Å²) in [5.74, 6) is -0.333. The number of rotatable bonds is 2. The molecule has 1 atom stereocenters. The fraction of sp³-hybridized carbons (Fsp3) is 0.417. The molecule has 1 amide bonds. The Bertz CT molecular complexity index is 358. The molecular weight excluding hydrogens is 207 g/mol. The van der Waals surface area contributed by atoms with Crippen LogP contribution in [0.5, 0.6) is 0 Å². The van der Waals surface area contributed by atoms with Crippen LogP contribution in [0.15, 0.2) is 24.3 Å². The molecule has 0 spiro atoms. The van der Waals surface area contributed by atoms with Crippen molar-refractivity contribution in [1.82, 2.24) is 5.32 Å². The SMILES string of the molecule is O=C(Nc1ccc(F)cc1)C1CCCCN1. The van der Waals surface area contributed by atoms with Crippen LogP contribution in [0.4, 0.5) is 10.1 Å². The van der Waals surface area contributed by atoms with Gasteiger partial charge in [-0.2, -0.15) is 0 Å². The van der Waals surface area contributed by atoms with Crippen LogP contribution in [0.3, 0.4) is 0 Å². The number of carbonyl (C=O) groups is 1. The van der Waals surface area contributed by atoms with Gasteiger partial charge in [0.05, 0.1) is 6.04 Å². The van der Waals surface area contributed by atoms with E-state index < -0.39 is 0 Å². The molecule has 1 fully saturated rings. The van der Waals surface area contributed by atoms with Crippen molar-refractivity contribution >= 4 is 11.6 Å². The lowest BCUT2D eigenvalue weighted by molar-refractivity contribution is -0.118. The van der Waals surface area contributed by atoms with Gasteiger partial charge in [0.1, 0.15) is 5.82 Å². The van der Waals surface area contributed by atoms with Crippen LogP contribution < -0.4 is 10.6 Å². The molecule has 3 nitrogen and oxygen atoms in total. The highest BCUT2D eigenvalue weighted by molar-refractivity contribution is 5.94. The van der Waals surface area contributed by atoms with Crippen molar-refractivity contribution in [3.05, 3.63) is 30.1 Å². The molecule has 0 radical (unpaired) electrons. The van der Waals surface area contributed by atoms with Gasteiger partial charge in [0, 0.05) is 5.69 Å². The molecule has 1 saturated heterocycles. The van der Waals surface area contributed by atoms with E-state index in [0.29, 0.717) is 5.69 Å². The number of halogens is 1. The van der Waals surface area contributed by atoms with Crippen LogP contribution in [0, 0.1) is 5.82 Å². The molecule has 0 bridgehead atoms. The van der Waals surface area contributed by atoms with Crippen LogP contribution in [0.2, 0.25) is 0 Å². The van der Waals surface area contributed by atoms with Crippen LogP contribution >= 0.6 is 0 Å². The lowest BCUT2D eigenvalue weighted by Gasteiger charge is -2.22. The number of hydrogen-bond donors (Lipinski definition) is 2. The predicted molar refractivity (Wildman–Crippen MR) is 60.7 cm³/mol. The second kappa shape index (κ2) is 5.07. The van der Waals surface area contributed by atoms with Crippen molar-refractivity contribution in [3.8, 4) is 0 Å². The number of anilines is 1. The van der Waals surface area contributed by atoms with Crippen molar-refractivity contribution in [1.29, 1.82) is 0 Å². The third-order valence-electron chi connectivity index (χ3n) is 2.74. The molecule has 0 aromatic heterocycles. The normalized spacial score (nSPS) is 20.4. The van der Waals surface area contributed by atoms with E-state index in [1.165, 1.54) is 12.1 Å². The van der Waals surface area contributed by atoms with Crippen LogP contribution in [0.25, 0.3) is 0 Å². The third-order valence-corrected chi connectivity index (χ3v) is 2.74. The monoisotopic (exact) mass is 222 g/mol. The lowest BCUT2D eigenvalue weighted by Crippen LogP contribution is -2.43. The highest BCUT2D eigenvalue weighted by Crippen LogP contribution is 2.12. The smallest absolute Gasteiger partial charge is 0.241 e. The maximum absolute atomic E-state index is 12.7. The Hall–Kier alpha value is -1.42. The predicted octanol–water partition coefficient (Wildman–Crippen LogP) is 1.91. The van der Waals surface area contributed by atoms with E-state index in [2.05, 4.69) is 10.6 Å². The number of carbonyl (C=O) groups excluding carboxylic acids is 1. The summed E-state index contributed by atoms with van der Waals surface area (Å²) in [6.45, 7) is 0.890. The van der Waals surface area contributed by atoms with Crippen molar-refractivity contribution < 1.29 is 9.18 Å². The Morgan fingerprint density at radius 2 is 2.06 bits per heavy atom. The first kappa shape index (κ1) is 11.1. The number of benzene rings is 1. The fourth-order valence-electron chi connectivity index (χ4n) is 1.84. The van der Waals surface area contributed by atoms with Crippen molar-refractivity contribution in [2.45, 2.75) is 25.3 Å². The number of hydrogen-bond acceptors (Lipinski definition) is 2. The zero-order valence-corrected chi connectivity index (χ0v) is 9.00. The van der Waals surface area contributed by atoms with E-state index in [4.69, 9.17) is 0 Å². The topological polar surface area (TPSA) is 41.1 Å². The van der Waals surface area contributed by atoms with E-state index in [1.54, 1.807) is 12.1 Å². The molecule has 1 unspecified atom stereocenters. The average Bonchev–Trinajstić information content (AvgIpc) is 2.33. The van der Waals surface area contributed by atoms with Crippen LogP contribution in [-0.2, 0) is 4.79 Å². The Morgan fingerprint density at radius 3 is 2.69 bits per heavy atom. The zero-order chi connectivity index (χ0) is 11.4. The van der Waals surface area contributed by atoms with Gasteiger partial charge in [0.2, 0.25) is 5.91 Å². The maximum atomic E-state index is 12.7. The average molecular weight is 222 g/mol. The Balaban J connectivity index is 1.93. The van der Waals surface area contributed by atoms with E-state index in [-0.39, 0.29) is 17.8 Å². The molecule has 16 heavy (non-hydrogen) atoms. The molecule has 2 N–H and O–H groups in total. The summed E-state index contributed by atoms with van der Waals surface area (Å²) in [5.41, 5.74) is 0.638. The Kier molecular flexibility index (Phi) is 3.51. The quantitative estimate of drug-likeness (QED) is 0.802. The molecule has 86 valence electrons. The summed E-state index contributed by atoms with van der Waals surface area (Å²) in [6.07, 6.45) is 3.07. The standard InChI is InChI=1S/C12H15FN2O/c13-9-4-6-10(7-5-9)15-12(16)11-3-1-2-8-14-11/h4-7,11,14H,1-3,8H2,(H,15,16). The highest BCUT2D eigenvalue weighted by Gasteiger charge is 2.20. The third kappa shape index (κ3) is 2.79.